The Labute approximate surface area is 288 Å². The van der Waals surface area contributed by atoms with Crippen molar-refractivity contribution in [1.29, 1.82) is 0 Å². The van der Waals surface area contributed by atoms with Crippen molar-refractivity contribution in [3.8, 4) is 0 Å². The Morgan fingerprint density at radius 3 is 1.94 bits per heavy atom. The van der Waals surface area contributed by atoms with Crippen LogP contribution in [0.4, 0.5) is 15.8 Å². The molecule has 2 heterocycles. The van der Waals surface area contributed by atoms with Gasteiger partial charge >= 0.3 is 0 Å². The zero-order valence-electron chi connectivity index (χ0n) is 29.0. The van der Waals surface area contributed by atoms with E-state index in [1.807, 2.05) is 43.0 Å². The fraction of sp³-hybridized carbons (Fsp3) is 0.657. The molecule has 2 aromatic rings. The van der Waals surface area contributed by atoms with E-state index in [-0.39, 0.29) is 42.8 Å². The van der Waals surface area contributed by atoms with Gasteiger partial charge in [0, 0.05) is 78.7 Å². The minimum atomic E-state index is -3.83. The summed E-state index contributed by atoms with van der Waals surface area (Å²) >= 11 is 0. The van der Waals surface area contributed by atoms with Crippen LogP contribution in [-0.4, -0.2) is 121 Å². The lowest BCUT2D eigenvalue weighted by molar-refractivity contribution is 0.179. The smallest absolute Gasteiger partial charge is 0.282 e. The zero-order valence-corrected chi connectivity index (χ0v) is 30.6. The third kappa shape index (κ3) is 9.28. The van der Waals surface area contributed by atoms with Crippen molar-refractivity contribution >= 4 is 31.6 Å². The number of rotatable bonds is 8. The van der Waals surface area contributed by atoms with Gasteiger partial charge in [0.05, 0.1) is 10.6 Å². The van der Waals surface area contributed by atoms with Crippen LogP contribution >= 0.6 is 0 Å². The molecule has 0 N–H and O–H groups in total. The van der Waals surface area contributed by atoms with Crippen molar-refractivity contribution < 1.29 is 21.2 Å². The summed E-state index contributed by atoms with van der Waals surface area (Å²) in [5.41, 5.74) is 1.41. The molecule has 0 bridgehead atoms. The molecule has 0 spiro atoms. The zero-order chi connectivity index (χ0) is 34.3. The van der Waals surface area contributed by atoms with E-state index in [4.69, 9.17) is 0 Å². The van der Waals surface area contributed by atoms with Crippen molar-refractivity contribution in [2.75, 3.05) is 95.9 Å². The summed E-state index contributed by atoms with van der Waals surface area (Å²) < 4.78 is 75.7. The van der Waals surface area contributed by atoms with Crippen LogP contribution in [0.2, 0.25) is 0 Å². The Hall–Kier alpha value is -2.29. The van der Waals surface area contributed by atoms with Crippen molar-refractivity contribution in [3.63, 3.8) is 0 Å². The maximum Gasteiger partial charge on any atom is 0.282 e. The predicted octanol–water partition coefficient (Wildman–Crippen LogP) is 4.56. The first-order valence-corrected chi connectivity index (χ1v) is 20.5. The number of benzene rings is 2. The van der Waals surface area contributed by atoms with Gasteiger partial charge in [-0.2, -0.15) is 21.3 Å². The molecular weight excluding hydrogens is 652 g/mol. The second-order valence-electron chi connectivity index (χ2n) is 14.1. The summed E-state index contributed by atoms with van der Waals surface area (Å²) in [5, 5.41) is 0. The van der Waals surface area contributed by atoms with Crippen LogP contribution in [0.25, 0.3) is 0 Å². The van der Waals surface area contributed by atoms with E-state index in [2.05, 4.69) is 4.90 Å². The van der Waals surface area contributed by atoms with Crippen molar-refractivity contribution in [3.05, 3.63) is 54.3 Å². The number of nitrogens with zero attached hydrogens (tertiary/aromatic N) is 6. The minimum Gasteiger partial charge on any atom is -0.378 e. The fourth-order valence-corrected chi connectivity index (χ4v) is 10.8. The maximum atomic E-state index is 14.5. The SMILES string of the molecule is C[C@H]1CN(S(=O)(=O)c2ccc(N(C)C)cc2)CCCN(CC2CCCCC2)CCCN(S(=O)(=O)N2CCN(c3ccccc3F)CC2)C1. The fourth-order valence-electron chi connectivity index (χ4n) is 7.43. The highest BCUT2D eigenvalue weighted by atomic mass is 32.2. The Balaban J connectivity index is 1.34. The predicted molar refractivity (Wildman–Crippen MR) is 192 cm³/mol. The highest BCUT2D eigenvalue weighted by Gasteiger charge is 2.35. The van der Waals surface area contributed by atoms with Crippen LogP contribution in [0.1, 0.15) is 51.9 Å². The van der Waals surface area contributed by atoms with Gasteiger partial charge in [-0.3, -0.25) is 0 Å². The Bertz CT molecular complexity index is 1530. The number of hydrogen-bond donors (Lipinski definition) is 0. The quantitative estimate of drug-likeness (QED) is 0.398. The first kappa shape index (κ1) is 37.0. The van der Waals surface area contributed by atoms with Crippen molar-refractivity contribution in [1.82, 2.24) is 17.8 Å². The van der Waals surface area contributed by atoms with Crippen LogP contribution in [-0.2, 0) is 20.2 Å². The van der Waals surface area contributed by atoms with Gasteiger partial charge in [0.2, 0.25) is 10.0 Å². The molecule has 0 radical (unpaired) electrons. The molecule has 1 atom stereocenters. The van der Waals surface area contributed by atoms with Gasteiger partial charge < -0.3 is 14.7 Å². The van der Waals surface area contributed by atoms with Crippen molar-refractivity contribution in [2.24, 2.45) is 11.8 Å². The minimum absolute atomic E-state index is 0.226. The van der Waals surface area contributed by atoms with E-state index in [1.165, 1.54) is 42.5 Å². The summed E-state index contributed by atoms with van der Waals surface area (Å²) in [4.78, 5) is 6.53. The second kappa shape index (κ2) is 16.6. The largest absolute Gasteiger partial charge is 0.378 e. The van der Waals surface area contributed by atoms with Gasteiger partial charge in [0.25, 0.3) is 10.2 Å². The Morgan fingerprint density at radius 1 is 0.708 bits per heavy atom. The summed E-state index contributed by atoms with van der Waals surface area (Å²) in [5.74, 6) is 0.0945. The van der Waals surface area contributed by atoms with E-state index in [9.17, 15) is 21.2 Å². The summed E-state index contributed by atoms with van der Waals surface area (Å²) in [6, 6.07) is 13.6. The van der Waals surface area contributed by atoms with Gasteiger partial charge in [-0.1, -0.05) is 38.3 Å². The summed E-state index contributed by atoms with van der Waals surface area (Å²) in [7, 11) is -3.79. The van der Waals surface area contributed by atoms with E-state index < -0.39 is 20.2 Å². The molecule has 3 aliphatic rings. The second-order valence-corrected chi connectivity index (χ2v) is 17.9. The lowest BCUT2D eigenvalue weighted by atomic mass is 9.89. The number of sulfonamides is 1. The van der Waals surface area contributed by atoms with Crippen LogP contribution in [0.5, 0.6) is 0 Å². The first-order valence-electron chi connectivity index (χ1n) is 17.7. The highest BCUT2D eigenvalue weighted by molar-refractivity contribution is 7.89. The number of para-hydroxylation sites is 1. The summed E-state index contributed by atoms with van der Waals surface area (Å²) in [6.45, 7) is 7.01. The molecule has 0 unspecified atom stereocenters. The normalized spacial score (nSPS) is 23.0. The molecule has 2 aliphatic heterocycles. The van der Waals surface area contributed by atoms with Crippen LogP contribution < -0.4 is 9.80 Å². The molecule has 1 aliphatic carbocycles. The van der Waals surface area contributed by atoms with Crippen LogP contribution in [0, 0.1) is 17.7 Å². The number of hydrogen-bond acceptors (Lipinski definition) is 7. The standard InChI is InChI=1S/C35H55FN6O4S2/c1-30-27-41(47(43,44)33-17-15-32(16-18-33)37(2)3)21-9-19-38(29-31-11-5-4-6-12-31)20-10-22-42(28-30)48(45,46)40-25-23-39(24-26-40)35-14-8-7-13-34(35)36/h7-8,13-18,30-31H,4-6,9-12,19-29H2,1-3H3/t30-/m0/s1. The topological polar surface area (TPSA) is 87.7 Å². The number of anilines is 2. The molecule has 2 saturated heterocycles. The highest BCUT2D eigenvalue weighted by Crippen LogP contribution is 2.27. The van der Waals surface area contributed by atoms with Gasteiger partial charge in [-0.25, -0.2) is 12.8 Å². The van der Waals surface area contributed by atoms with Crippen LogP contribution in [0.3, 0.4) is 0 Å². The lowest BCUT2D eigenvalue weighted by Crippen LogP contribution is -2.54. The molecule has 48 heavy (non-hydrogen) atoms. The molecule has 13 heteroatoms. The average molecular weight is 707 g/mol. The number of halogens is 1. The third-order valence-electron chi connectivity index (χ3n) is 10.1. The third-order valence-corrected chi connectivity index (χ3v) is 14.0. The molecule has 0 aromatic heterocycles. The molecule has 2 aromatic carbocycles. The molecule has 268 valence electrons. The van der Waals surface area contributed by atoms with Gasteiger partial charge in [0.1, 0.15) is 5.82 Å². The van der Waals surface area contributed by atoms with Crippen LogP contribution in [0.15, 0.2) is 53.4 Å². The molecule has 5 rings (SSSR count). The van der Waals surface area contributed by atoms with Gasteiger partial charge in [-0.15, -0.1) is 0 Å². The molecule has 1 saturated carbocycles. The number of piperazine rings is 1. The first-order chi connectivity index (χ1) is 22.9. The average Bonchev–Trinajstić information content (AvgIpc) is 3.07. The van der Waals surface area contributed by atoms with Crippen molar-refractivity contribution in [2.45, 2.75) is 56.8 Å². The van der Waals surface area contributed by atoms with E-state index >= 15 is 0 Å². The monoisotopic (exact) mass is 706 g/mol. The van der Waals surface area contributed by atoms with Gasteiger partial charge in [-0.05, 0) is 87.0 Å². The maximum absolute atomic E-state index is 14.5. The molecule has 0 amide bonds. The van der Waals surface area contributed by atoms with E-state index in [1.54, 1.807) is 38.9 Å². The summed E-state index contributed by atoms with van der Waals surface area (Å²) in [6.07, 6.45) is 7.68. The van der Waals surface area contributed by atoms with E-state index in [0.717, 1.165) is 31.7 Å². The van der Waals surface area contributed by atoms with E-state index in [0.29, 0.717) is 44.2 Å². The van der Waals surface area contributed by atoms with Gasteiger partial charge in [0.15, 0.2) is 0 Å². The molecule has 3 fully saturated rings. The molecule has 10 nitrogen and oxygen atoms in total. The lowest BCUT2D eigenvalue weighted by Gasteiger charge is -2.39. The molecular formula is C35H55FN6O4S2. The Kier molecular flexibility index (Phi) is 12.8. The Morgan fingerprint density at radius 2 is 1.31 bits per heavy atom.